The van der Waals surface area contributed by atoms with E-state index in [2.05, 4.69) is 24.9 Å². The van der Waals surface area contributed by atoms with E-state index in [-0.39, 0.29) is 0 Å². The van der Waals surface area contributed by atoms with E-state index in [4.69, 9.17) is 0 Å². The predicted octanol–water partition coefficient (Wildman–Crippen LogP) is 4.14. The molecule has 0 spiro atoms. The summed E-state index contributed by atoms with van der Waals surface area (Å²) in [6.07, 6.45) is 1.28. The molecule has 0 radical (unpaired) electrons. The first-order chi connectivity index (χ1) is 10.1. The summed E-state index contributed by atoms with van der Waals surface area (Å²) in [6, 6.07) is 13.0. The molecule has 3 rings (SSSR count). The number of hydrogen-bond acceptors (Lipinski definition) is 2. The summed E-state index contributed by atoms with van der Waals surface area (Å²) in [5, 5.41) is 9.37. The molecule has 21 heavy (non-hydrogen) atoms. The Balaban J connectivity index is 2.18. The van der Waals surface area contributed by atoms with Gasteiger partial charge in [0.25, 0.3) is 0 Å². The van der Waals surface area contributed by atoms with E-state index >= 15 is 0 Å². The Morgan fingerprint density at radius 3 is 2.48 bits per heavy atom. The van der Waals surface area contributed by atoms with Gasteiger partial charge in [0, 0.05) is 11.8 Å². The van der Waals surface area contributed by atoms with Gasteiger partial charge in [-0.05, 0) is 23.6 Å². The highest BCUT2D eigenvalue weighted by atomic mass is 19.1. The van der Waals surface area contributed by atoms with Crippen LogP contribution in [0.3, 0.4) is 0 Å². The monoisotopic (exact) mass is 279 g/mol. The molecule has 0 amide bonds. The molecule has 1 aromatic carbocycles. The topological polar surface area (TPSA) is 41.1 Å². The van der Waals surface area contributed by atoms with Gasteiger partial charge in [0.05, 0.1) is 0 Å². The van der Waals surface area contributed by atoms with Crippen molar-refractivity contribution in [2.45, 2.75) is 19.8 Å². The summed E-state index contributed by atoms with van der Waals surface area (Å²) in [6.45, 7) is 4.26. The van der Waals surface area contributed by atoms with Crippen molar-refractivity contribution in [3.8, 4) is 17.3 Å². The zero-order valence-corrected chi connectivity index (χ0v) is 11.8. The van der Waals surface area contributed by atoms with Gasteiger partial charge in [-0.3, -0.25) is 4.40 Å². The Bertz CT molecular complexity index is 839. The molecule has 3 nitrogen and oxygen atoms in total. The van der Waals surface area contributed by atoms with Crippen molar-refractivity contribution >= 4 is 5.65 Å². The van der Waals surface area contributed by atoms with Crippen molar-refractivity contribution in [1.82, 2.24) is 9.38 Å². The maximum atomic E-state index is 13.3. The van der Waals surface area contributed by atoms with Crippen LogP contribution in [0.1, 0.15) is 31.0 Å². The van der Waals surface area contributed by atoms with Gasteiger partial charge < -0.3 is 0 Å². The van der Waals surface area contributed by atoms with E-state index in [1.165, 1.54) is 22.2 Å². The van der Waals surface area contributed by atoms with Crippen LogP contribution in [0.2, 0.25) is 0 Å². The lowest BCUT2D eigenvalue weighted by atomic mass is 10.0. The van der Waals surface area contributed by atoms with Crippen LogP contribution in [0.4, 0.5) is 4.39 Å². The van der Waals surface area contributed by atoms with Gasteiger partial charge in [0.2, 0.25) is 0 Å². The van der Waals surface area contributed by atoms with Gasteiger partial charge in [-0.15, -0.1) is 0 Å². The first-order valence-electron chi connectivity index (χ1n) is 6.78. The van der Waals surface area contributed by atoms with Crippen LogP contribution in [-0.4, -0.2) is 9.38 Å². The number of imidazole rings is 1. The Morgan fingerprint density at radius 2 is 1.86 bits per heavy atom. The number of halogens is 1. The standard InChI is InChI=1S/C17H14FN3/c1-11(2)12-3-5-13(6-4-12)17-15(9-19)21-10-14(18)7-8-16(21)20-17/h3-8,10-11H,1-2H3. The molecule has 0 N–H and O–H groups in total. The lowest BCUT2D eigenvalue weighted by Gasteiger charge is -2.05. The summed E-state index contributed by atoms with van der Waals surface area (Å²) in [4.78, 5) is 4.44. The van der Waals surface area contributed by atoms with Crippen molar-refractivity contribution in [2.75, 3.05) is 0 Å². The third-order valence-corrected chi connectivity index (χ3v) is 3.54. The highest BCUT2D eigenvalue weighted by Crippen LogP contribution is 2.26. The van der Waals surface area contributed by atoms with Gasteiger partial charge in [-0.2, -0.15) is 5.26 Å². The smallest absolute Gasteiger partial charge is 0.152 e. The molecule has 0 aliphatic rings. The molecule has 0 atom stereocenters. The third-order valence-electron chi connectivity index (χ3n) is 3.54. The lowest BCUT2D eigenvalue weighted by molar-refractivity contribution is 0.619. The van der Waals surface area contributed by atoms with Crippen LogP contribution in [0, 0.1) is 17.1 Å². The highest BCUT2D eigenvalue weighted by molar-refractivity contribution is 5.69. The van der Waals surface area contributed by atoms with Gasteiger partial charge in [-0.1, -0.05) is 38.1 Å². The number of rotatable bonds is 2. The predicted molar refractivity (Wildman–Crippen MR) is 79.4 cm³/mol. The number of pyridine rings is 1. The van der Waals surface area contributed by atoms with Crippen molar-refractivity contribution < 1.29 is 4.39 Å². The first kappa shape index (κ1) is 13.3. The minimum absolute atomic E-state index is 0.349. The minimum atomic E-state index is -0.391. The Labute approximate surface area is 122 Å². The van der Waals surface area contributed by atoms with Crippen LogP contribution in [0.25, 0.3) is 16.9 Å². The molecule has 0 aliphatic heterocycles. The normalized spacial score (nSPS) is 11.0. The molecule has 0 fully saturated rings. The SMILES string of the molecule is CC(C)c1ccc(-c2nc3ccc(F)cn3c2C#N)cc1. The second-order valence-corrected chi connectivity index (χ2v) is 5.27. The van der Waals surface area contributed by atoms with Crippen LogP contribution in [0.5, 0.6) is 0 Å². The summed E-state index contributed by atoms with van der Waals surface area (Å²) in [7, 11) is 0. The zero-order valence-electron chi connectivity index (χ0n) is 11.8. The maximum absolute atomic E-state index is 13.3. The van der Waals surface area contributed by atoms with Crippen molar-refractivity contribution in [2.24, 2.45) is 0 Å². The molecule has 0 saturated heterocycles. The molecule has 3 aromatic rings. The summed E-state index contributed by atoms with van der Waals surface area (Å²) in [5.74, 6) is 0.0581. The minimum Gasteiger partial charge on any atom is -0.288 e. The largest absolute Gasteiger partial charge is 0.288 e. The Kier molecular flexibility index (Phi) is 3.19. The van der Waals surface area contributed by atoms with Crippen LogP contribution in [-0.2, 0) is 0 Å². The molecule has 0 unspecified atom stereocenters. The molecular formula is C17H14FN3. The summed E-state index contributed by atoms with van der Waals surface area (Å²) < 4.78 is 14.8. The molecule has 2 heterocycles. The van der Waals surface area contributed by atoms with E-state index in [0.29, 0.717) is 23.0 Å². The fraction of sp³-hybridized carbons (Fsp3) is 0.176. The number of benzene rings is 1. The average molecular weight is 279 g/mol. The number of nitriles is 1. The number of nitrogens with zero attached hydrogens (tertiary/aromatic N) is 3. The van der Waals surface area contributed by atoms with Crippen LogP contribution < -0.4 is 0 Å². The van der Waals surface area contributed by atoms with Gasteiger partial charge >= 0.3 is 0 Å². The number of aromatic nitrogens is 2. The van der Waals surface area contributed by atoms with Crippen molar-refractivity contribution in [3.05, 3.63) is 59.7 Å². The number of hydrogen-bond donors (Lipinski definition) is 0. The number of fused-ring (bicyclic) bond motifs is 1. The van der Waals surface area contributed by atoms with Crippen LogP contribution >= 0.6 is 0 Å². The average Bonchev–Trinajstić information content (AvgIpc) is 2.85. The molecule has 104 valence electrons. The molecule has 0 saturated carbocycles. The molecule has 0 aliphatic carbocycles. The van der Waals surface area contributed by atoms with E-state index in [1.807, 2.05) is 24.3 Å². The highest BCUT2D eigenvalue weighted by Gasteiger charge is 2.14. The molecular weight excluding hydrogens is 265 g/mol. The van der Waals surface area contributed by atoms with E-state index in [0.717, 1.165) is 5.56 Å². The molecule has 2 aromatic heterocycles. The fourth-order valence-corrected chi connectivity index (χ4v) is 2.35. The third kappa shape index (κ3) is 2.27. The second kappa shape index (κ2) is 5.02. The van der Waals surface area contributed by atoms with Crippen molar-refractivity contribution in [1.29, 1.82) is 5.26 Å². The van der Waals surface area contributed by atoms with Gasteiger partial charge in [-0.25, -0.2) is 9.37 Å². The quantitative estimate of drug-likeness (QED) is 0.707. The van der Waals surface area contributed by atoms with Crippen LogP contribution in [0.15, 0.2) is 42.6 Å². The zero-order chi connectivity index (χ0) is 15.0. The van der Waals surface area contributed by atoms with E-state index < -0.39 is 5.82 Å². The fourth-order valence-electron chi connectivity index (χ4n) is 2.35. The molecule has 4 heteroatoms. The lowest BCUT2D eigenvalue weighted by Crippen LogP contribution is -1.91. The van der Waals surface area contributed by atoms with E-state index in [1.54, 1.807) is 6.07 Å². The Morgan fingerprint density at radius 1 is 1.14 bits per heavy atom. The summed E-state index contributed by atoms with van der Waals surface area (Å²) in [5.41, 5.74) is 3.59. The first-order valence-corrected chi connectivity index (χ1v) is 6.78. The Hall–Kier alpha value is -2.67. The van der Waals surface area contributed by atoms with Gasteiger partial charge in [0.15, 0.2) is 5.69 Å². The van der Waals surface area contributed by atoms with E-state index in [9.17, 15) is 9.65 Å². The van der Waals surface area contributed by atoms with Gasteiger partial charge in [0.1, 0.15) is 23.2 Å². The molecule has 0 bridgehead atoms. The van der Waals surface area contributed by atoms with Crippen molar-refractivity contribution in [3.63, 3.8) is 0 Å². The summed E-state index contributed by atoms with van der Waals surface area (Å²) >= 11 is 0. The second-order valence-electron chi connectivity index (χ2n) is 5.27. The maximum Gasteiger partial charge on any atom is 0.152 e.